The largest absolute Gasteiger partial charge is 0.360 e. The minimum absolute atomic E-state index is 0.0800. The molecule has 33 heavy (non-hydrogen) atoms. The Labute approximate surface area is 189 Å². The third kappa shape index (κ3) is 4.99. The summed E-state index contributed by atoms with van der Waals surface area (Å²) in [7, 11) is 0. The predicted molar refractivity (Wildman–Crippen MR) is 126 cm³/mol. The normalized spacial score (nSPS) is 11.5. The lowest BCUT2D eigenvalue weighted by atomic mass is 10.1. The highest BCUT2D eigenvalue weighted by molar-refractivity contribution is 6.07. The molecule has 4 aromatic rings. The van der Waals surface area contributed by atoms with E-state index in [1.807, 2.05) is 37.3 Å². The number of urea groups is 1. The average Bonchev–Trinajstić information content (AvgIpc) is 3.23. The zero-order valence-electron chi connectivity index (χ0n) is 17.7. The number of nitrogens with zero attached hydrogens (tertiary/aromatic N) is 1. The first-order chi connectivity index (χ1) is 15.9. The molecule has 9 heteroatoms. The van der Waals surface area contributed by atoms with Crippen LogP contribution in [-0.2, 0) is 0 Å². The third-order valence-electron chi connectivity index (χ3n) is 5.17. The molecule has 0 aliphatic rings. The Morgan fingerprint density at radius 2 is 1.61 bits per heavy atom. The number of H-pyrrole nitrogens is 1. The maximum atomic E-state index is 12.8. The molecular weight excluding hydrogens is 422 g/mol. The Morgan fingerprint density at radius 1 is 0.939 bits per heavy atom. The van der Waals surface area contributed by atoms with Crippen LogP contribution in [0.3, 0.4) is 0 Å². The van der Waals surface area contributed by atoms with Crippen LogP contribution in [0.4, 0.5) is 21.9 Å². The molecule has 1 unspecified atom stereocenters. The Morgan fingerprint density at radius 3 is 2.27 bits per heavy atom. The molecule has 4 N–H and O–H groups in total. The number of hydrogen-bond acceptors (Lipinski definition) is 4. The van der Waals surface area contributed by atoms with E-state index in [9.17, 15) is 19.7 Å². The lowest BCUT2D eigenvalue weighted by Gasteiger charge is -2.15. The molecular formula is C24H21N5O4. The number of nitro benzene ring substituents is 1. The van der Waals surface area contributed by atoms with E-state index >= 15 is 0 Å². The fourth-order valence-corrected chi connectivity index (χ4v) is 3.44. The van der Waals surface area contributed by atoms with Crippen molar-refractivity contribution in [1.29, 1.82) is 0 Å². The second-order valence-electron chi connectivity index (χ2n) is 7.45. The molecule has 0 bridgehead atoms. The lowest BCUT2D eigenvalue weighted by Crippen LogP contribution is -2.26. The van der Waals surface area contributed by atoms with E-state index in [0.29, 0.717) is 27.8 Å². The summed E-state index contributed by atoms with van der Waals surface area (Å²) in [6.07, 6.45) is 1.54. The van der Waals surface area contributed by atoms with E-state index < -0.39 is 4.92 Å². The second-order valence-corrected chi connectivity index (χ2v) is 7.45. The van der Waals surface area contributed by atoms with Crippen LogP contribution in [0.25, 0.3) is 10.9 Å². The van der Waals surface area contributed by atoms with Gasteiger partial charge in [-0.05, 0) is 42.8 Å². The monoisotopic (exact) mass is 443 g/mol. The van der Waals surface area contributed by atoms with Crippen molar-refractivity contribution in [3.8, 4) is 0 Å². The smallest absolute Gasteiger partial charge is 0.323 e. The molecule has 4 rings (SSSR count). The number of rotatable bonds is 6. The van der Waals surface area contributed by atoms with Crippen LogP contribution in [0, 0.1) is 10.1 Å². The summed E-state index contributed by atoms with van der Waals surface area (Å²) in [5.74, 6) is -0.348. The van der Waals surface area contributed by atoms with E-state index in [0.717, 1.165) is 5.56 Å². The minimum atomic E-state index is -0.494. The van der Waals surface area contributed by atoms with Gasteiger partial charge in [0, 0.05) is 40.6 Å². The number of fused-ring (bicyclic) bond motifs is 1. The van der Waals surface area contributed by atoms with Gasteiger partial charge in [-0.2, -0.15) is 0 Å². The summed E-state index contributed by atoms with van der Waals surface area (Å²) in [6.45, 7) is 1.83. The number of amides is 3. The lowest BCUT2D eigenvalue weighted by molar-refractivity contribution is -0.384. The van der Waals surface area contributed by atoms with Gasteiger partial charge in [0.05, 0.1) is 16.5 Å². The molecule has 0 fully saturated rings. The second kappa shape index (κ2) is 9.23. The van der Waals surface area contributed by atoms with Crippen molar-refractivity contribution in [2.75, 3.05) is 10.6 Å². The average molecular weight is 443 g/mol. The van der Waals surface area contributed by atoms with E-state index in [1.165, 1.54) is 18.3 Å². The minimum Gasteiger partial charge on any atom is -0.360 e. The number of benzene rings is 3. The summed E-state index contributed by atoms with van der Waals surface area (Å²) in [5.41, 5.74) is 3.02. The fraction of sp³-hybridized carbons (Fsp3) is 0.0833. The van der Waals surface area contributed by atoms with E-state index in [1.54, 1.807) is 30.3 Å². The molecule has 0 aliphatic heterocycles. The number of non-ortho nitro benzene ring substituents is 1. The molecule has 1 aromatic heterocycles. The summed E-state index contributed by atoms with van der Waals surface area (Å²) < 4.78 is 0. The molecule has 166 valence electrons. The number of aromatic amines is 1. The molecule has 9 nitrogen and oxygen atoms in total. The number of carbonyl (C=O) groups is 2. The molecule has 0 spiro atoms. The highest BCUT2D eigenvalue weighted by Crippen LogP contribution is 2.24. The van der Waals surface area contributed by atoms with Crippen LogP contribution in [0.5, 0.6) is 0 Å². The van der Waals surface area contributed by atoms with Gasteiger partial charge in [0.25, 0.3) is 11.6 Å². The highest BCUT2D eigenvalue weighted by Gasteiger charge is 2.18. The third-order valence-corrected chi connectivity index (χ3v) is 5.17. The summed E-state index contributed by atoms with van der Waals surface area (Å²) in [5, 5.41) is 19.9. The van der Waals surface area contributed by atoms with Gasteiger partial charge in [0.15, 0.2) is 0 Å². The van der Waals surface area contributed by atoms with Gasteiger partial charge >= 0.3 is 6.03 Å². The maximum absolute atomic E-state index is 12.8. The summed E-state index contributed by atoms with van der Waals surface area (Å²) in [4.78, 5) is 38.5. The van der Waals surface area contributed by atoms with Crippen molar-refractivity contribution in [3.63, 3.8) is 0 Å². The Balaban J connectivity index is 1.40. The number of nitro groups is 1. The van der Waals surface area contributed by atoms with Crippen molar-refractivity contribution in [1.82, 2.24) is 10.3 Å². The van der Waals surface area contributed by atoms with Crippen LogP contribution >= 0.6 is 0 Å². The molecule has 0 aliphatic carbocycles. The number of para-hydroxylation sites is 1. The van der Waals surface area contributed by atoms with Crippen LogP contribution in [0.1, 0.15) is 28.9 Å². The number of carbonyl (C=O) groups excluding carboxylic acids is 2. The molecule has 3 aromatic carbocycles. The standard InChI is InChI=1S/C24H21N5O4/c1-15(26-23(30)21-14-25-22-12-11-19(29(32)33)13-20(21)22)16-7-9-18(10-8-16)28-24(31)27-17-5-3-2-4-6-17/h2-15,25H,1H3,(H,26,30)(H2,27,28,31). The van der Waals surface area contributed by atoms with Gasteiger partial charge in [-0.3, -0.25) is 14.9 Å². The van der Waals surface area contributed by atoms with Crippen molar-refractivity contribution >= 4 is 39.9 Å². The van der Waals surface area contributed by atoms with Gasteiger partial charge in [0.2, 0.25) is 0 Å². The van der Waals surface area contributed by atoms with Gasteiger partial charge < -0.3 is 20.9 Å². The topological polar surface area (TPSA) is 129 Å². The van der Waals surface area contributed by atoms with E-state index in [2.05, 4.69) is 20.9 Å². The molecule has 0 radical (unpaired) electrons. The Hall–Kier alpha value is -4.66. The van der Waals surface area contributed by atoms with Crippen molar-refractivity contribution < 1.29 is 14.5 Å². The van der Waals surface area contributed by atoms with E-state index in [-0.39, 0.29) is 23.7 Å². The van der Waals surface area contributed by atoms with Gasteiger partial charge in [-0.15, -0.1) is 0 Å². The van der Waals surface area contributed by atoms with Gasteiger partial charge in [0.1, 0.15) is 0 Å². The zero-order chi connectivity index (χ0) is 23.4. The predicted octanol–water partition coefficient (Wildman–Crippen LogP) is 5.21. The first kappa shape index (κ1) is 21.6. The van der Waals surface area contributed by atoms with Crippen LogP contribution < -0.4 is 16.0 Å². The van der Waals surface area contributed by atoms with Crippen LogP contribution in [0.15, 0.2) is 79.0 Å². The summed E-state index contributed by atoms with van der Waals surface area (Å²) in [6, 6.07) is 19.9. The van der Waals surface area contributed by atoms with Crippen molar-refractivity contribution in [2.45, 2.75) is 13.0 Å². The highest BCUT2D eigenvalue weighted by atomic mass is 16.6. The van der Waals surface area contributed by atoms with Gasteiger partial charge in [-0.25, -0.2) is 4.79 Å². The quantitative estimate of drug-likeness (QED) is 0.241. The molecule has 0 saturated heterocycles. The van der Waals surface area contributed by atoms with Gasteiger partial charge in [-0.1, -0.05) is 30.3 Å². The first-order valence-electron chi connectivity index (χ1n) is 10.2. The van der Waals surface area contributed by atoms with E-state index in [4.69, 9.17) is 0 Å². The van der Waals surface area contributed by atoms with Crippen molar-refractivity contribution in [2.24, 2.45) is 0 Å². The Kier molecular flexibility index (Phi) is 6.03. The van der Waals surface area contributed by atoms with Crippen molar-refractivity contribution in [3.05, 3.63) is 100 Å². The zero-order valence-corrected chi connectivity index (χ0v) is 17.7. The molecule has 1 heterocycles. The number of hydrogen-bond donors (Lipinski definition) is 4. The van der Waals surface area contributed by atoms with Crippen LogP contribution in [0.2, 0.25) is 0 Å². The Bertz CT molecular complexity index is 1320. The van der Waals surface area contributed by atoms with Crippen LogP contribution in [-0.4, -0.2) is 21.8 Å². The molecule has 1 atom stereocenters. The number of nitrogens with one attached hydrogen (secondary N) is 4. The maximum Gasteiger partial charge on any atom is 0.323 e. The number of aromatic nitrogens is 1. The fourth-order valence-electron chi connectivity index (χ4n) is 3.44. The number of anilines is 2. The SMILES string of the molecule is CC(NC(=O)c1c[nH]c2ccc([N+](=O)[O-])cc12)c1ccc(NC(=O)Nc2ccccc2)cc1. The first-order valence-corrected chi connectivity index (χ1v) is 10.2. The molecule has 0 saturated carbocycles. The molecule has 3 amide bonds. The summed E-state index contributed by atoms with van der Waals surface area (Å²) >= 11 is 0.